The van der Waals surface area contributed by atoms with Crippen LogP contribution in [0.4, 0.5) is 0 Å². The van der Waals surface area contributed by atoms with Crippen molar-refractivity contribution in [1.82, 2.24) is 0 Å². The fourth-order valence-electron chi connectivity index (χ4n) is 1.35. The number of methoxy groups -OCH3 is 1. The van der Waals surface area contributed by atoms with Crippen molar-refractivity contribution >= 4 is 0 Å². The molecule has 1 aromatic rings. The molecule has 1 rings (SSSR count). The predicted octanol–water partition coefficient (Wildman–Crippen LogP) is 2.98. The topological polar surface area (TPSA) is 13.6 Å². The molecule has 0 N–H and O–H groups in total. The van der Waals surface area contributed by atoms with E-state index in [2.05, 4.69) is 4.85 Å². The Bertz CT molecular complexity index is 338. The van der Waals surface area contributed by atoms with E-state index in [1.807, 2.05) is 32.0 Å². The third kappa shape index (κ3) is 1.81. The number of benzene rings is 1. The van der Waals surface area contributed by atoms with Crippen LogP contribution in [0.1, 0.15) is 24.1 Å². The summed E-state index contributed by atoms with van der Waals surface area (Å²) in [4.78, 5) is 3.48. The Hall–Kier alpha value is -1.49. The van der Waals surface area contributed by atoms with Gasteiger partial charge >= 0.3 is 0 Å². The quantitative estimate of drug-likeness (QED) is 0.630. The van der Waals surface area contributed by atoms with Gasteiger partial charge in [-0.3, -0.25) is 0 Å². The summed E-state index contributed by atoms with van der Waals surface area (Å²) < 4.78 is 5.26. The van der Waals surface area contributed by atoms with E-state index in [1.165, 1.54) is 0 Å². The van der Waals surface area contributed by atoms with E-state index in [0.717, 1.165) is 16.9 Å². The molecule has 0 aliphatic rings. The number of hydrogen-bond acceptors (Lipinski definition) is 1. The minimum absolute atomic E-state index is 0.130. The molecule has 0 saturated heterocycles. The van der Waals surface area contributed by atoms with E-state index in [-0.39, 0.29) is 6.04 Å². The Morgan fingerprint density at radius 3 is 2.69 bits per heavy atom. The monoisotopic (exact) mass is 175 g/mol. The second-order valence-electron chi connectivity index (χ2n) is 3.00. The fourth-order valence-corrected chi connectivity index (χ4v) is 1.35. The number of nitrogens with zero attached hydrogens (tertiary/aromatic N) is 1. The molecule has 1 aromatic carbocycles. The summed E-state index contributed by atoms with van der Waals surface area (Å²) in [5, 5.41) is 0. The van der Waals surface area contributed by atoms with Gasteiger partial charge in [-0.2, -0.15) is 0 Å². The van der Waals surface area contributed by atoms with Crippen molar-refractivity contribution in [3.63, 3.8) is 0 Å². The number of hydrogen-bond donors (Lipinski definition) is 0. The Morgan fingerprint density at radius 2 is 2.15 bits per heavy atom. The molecule has 1 atom stereocenters. The minimum atomic E-state index is -0.130. The third-order valence-electron chi connectivity index (χ3n) is 2.09. The lowest BCUT2D eigenvalue weighted by Crippen LogP contribution is -1.95. The van der Waals surface area contributed by atoms with Gasteiger partial charge in [0.2, 0.25) is 6.04 Å². The number of rotatable bonds is 2. The van der Waals surface area contributed by atoms with Crippen LogP contribution in [0, 0.1) is 13.5 Å². The van der Waals surface area contributed by atoms with E-state index in [1.54, 1.807) is 7.11 Å². The molecule has 0 heterocycles. The fraction of sp³-hybridized carbons (Fsp3) is 0.364. The maximum absolute atomic E-state index is 6.96. The van der Waals surface area contributed by atoms with Gasteiger partial charge in [0.05, 0.1) is 12.7 Å². The maximum Gasteiger partial charge on any atom is 0.249 e. The Morgan fingerprint density at radius 1 is 1.46 bits per heavy atom. The number of para-hydroxylation sites is 1. The van der Waals surface area contributed by atoms with Crippen LogP contribution in [0.25, 0.3) is 4.85 Å². The summed E-state index contributed by atoms with van der Waals surface area (Å²) in [6.07, 6.45) is 0. The minimum Gasteiger partial charge on any atom is -0.496 e. The largest absolute Gasteiger partial charge is 0.496 e. The van der Waals surface area contributed by atoms with E-state index in [4.69, 9.17) is 11.3 Å². The Kier molecular flexibility index (Phi) is 2.92. The van der Waals surface area contributed by atoms with Gasteiger partial charge in [-0.25, -0.2) is 6.57 Å². The summed E-state index contributed by atoms with van der Waals surface area (Å²) in [5.41, 5.74) is 2.05. The van der Waals surface area contributed by atoms with Gasteiger partial charge in [-0.1, -0.05) is 12.1 Å². The zero-order chi connectivity index (χ0) is 9.84. The normalized spacial score (nSPS) is 11.8. The van der Waals surface area contributed by atoms with Crippen LogP contribution < -0.4 is 4.74 Å². The van der Waals surface area contributed by atoms with E-state index >= 15 is 0 Å². The second kappa shape index (κ2) is 3.95. The molecule has 13 heavy (non-hydrogen) atoms. The van der Waals surface area contributed by atoms with E-state index in [9.17, 15) is 0 Å². The van der Waals surface area contributed by atoms with Gasteiger partial charge in [0, 0.05) is 6.92 Å². The summed E-state index contributed by atoms with van der Waals surface area (Å²) in [6, 6.07) is 5.75. The van der Waals surface area contributed by atoms with Gasteiger partial charge in [0.15, 0.2) is 0 Å². The molecule has 0 aliphatic heterocycles. The standard InChI is InChI=1S/C11H13NO/c1-8-6-5-7-10(9(2)12-3)11(8)13-4/h5-7,9H,1-2,4H3. The lowest BCUT2D eigenvalue weighted by molar-refractivity contribution is 0.405. The molecule has 0 bridgehead atoms. The molecular weight excluding hydrogens is 162 g/mol. The lowest BCUT2D eigenvalue weighted by atomic mass is 10.0. The number of ether oxygens (including phenoxy) is 1. The molecule has 0 aliphatic carbocycles. The van der Waals surface area contributed by atoms with E-state index < -0.39 is 0 Å². The first-order valence-corrected chi connectivity index (χ1v) is 4.20. The predicted molar refractivity (Wildman–Crippen MR) is 52.7 cm³/mol. The first-order valence-electron chi connectivity index (χ1n) is 4.20. The van der Waals surface area contributed by atoms with Crippen LogP contribution in [0.3, 0.4) is 0 Å². The van der Waals surface area contributed by atoms with Crippen LogP contribution >= 0.6 is 0 Å². The molecule has 2 nitrogen and oxygen atoms in total. The number of aryl methyl sites for hydroxylation is 1. The van der Waals surface area contributed by atoms with Gasteiger partial charge in [-0.05, 0) is 18.6 Å². The average molecular weight is 175 g/mol. The van der Waals surface area contributed by atoms with E-state index in [0.29, 0.717) is 0 Å². The van der Waals surface area contributed by atoms with Gasteiger partial charge in [-0.15, -0.1) is 0 Å². The first-order chi connectivity index (χ1) is 6.20. The summed E-state index contributed by atoms with van der Waals surface area (Å²) in [6.45, 7) is 10.8. The highest BCUT2D eigenvalue weighted by molar-refractivity contribution is 5.43. The summed E-state index contributed by atoms with van der Waals surface area (Å²) >= 11 is 0. The molecule has 0 fully saturated rings. The van der Waals surface area contributed by atoms with Crippen LogP contribution in [-0.2, 0) is 0 Å². The van der Waals surface area contributed by atoms with Crippen molar-refractivity contribution < 1.29 is 4.74 Å². The highest BCUT2D eigenvalue weighted by atomic mass is 16.5. The van der Waals surface area contributed by atoms with Gasteiger partial charge < -0.3 is 9.58 Å². The van der Waals surface area contributed by atoms with Crippen molar-refractivity contribution in [3.8, 4) is 5.75 Å². The zero-order valence-corrected chi connectivity index (χ0v) is 8.16. The Balaban J connectivity index is 3.21. The van der Waals surface area contributed by atoms with Gasteiger partial charge in [0.25, 0.3) is 0 Å². The van der Waals surface area contributed by atoms with Crippen molar-refractivity contribution in [2.24, 2.45) is 0 Å². The molecule has 2 heteroatoms. The highest BCUT2D eigenvalue weighted by Gasteiger charge is 2.15. The molecule has 1 unspecified atom stereocenters. The third-order valence-corrected chi connectivity index (χ3v) is 2.09. The van der Waals surface area contributed by atoms with Gasteiger partial charge in [0.1, 0.15) is 5.75 Å². The Labute approximate surface area is 79.0 Å². The maximum atomic E-state index is 6.96. The van der Waals surface area contributed by atoms with Crippen LogP contribution in [-0.4, -0.2) is 7.11 Å². The van der Waals surface area contributed by atoms with Crippen LogP contribution in [0.15, 0.2) is 18.2 Å². The summed E-state index contributed by atoms with van der Waals surface area (Å²) in [7, 11) is 1.64. The lowest BCUT2D eigenvalue weighted by Gasteiger charge is -2.09. The van der Waals surface area contributed by atoms with Crippen LogP contribution in [0.5, 0.6) is 5.75 Å². The molecular formula is C11H13NO. The molecule has 0 saturated carbocycles. The smallest absolute Gasteiger partial charge is 0.249 e. The van der Waals surface area contributed by atoms with Crippen molar-refractivity contribution in [2.75, 3.05) is 7.11 Å². The summed E-state index contributed by atoms with van der Waals surface area (Å²) in [5.74, 6) is 0.839. The average Bonchev–Trinajstić information content (AvgIpc) is 2.16. The van der Waals surface area contributed by atoms with Crippen LogP contribution in [0.2, 0.25) is 0 Å². The molecule has 0 radical (unpaired) electrons. The highest BCUT2D eigenvalue weighted by Crippen LogP contribution is 2.30. The molecule has 0 aromatic heterocycles. The molecule has 0 spiro atoms. The molecule has 68 valence electrons. The van der Waals surface area contributed by atoms with Crippen molar-refractivity contribution in [3.05, 3.63) is 40.7 Å². The van der Waals surface area contributed by atoms with Crippen molar-refractivity contribution in [2.45, 2.75) is 19.9 Å². The SMILES string of the molecule is [C-]#[N+]C(C)c1cccc(C)c1OC. The molecule has 0 amide bonds. The second-order valence-corrected chi connectivity index (χ2v) is 3.00. The zero-order valence-electron chi connectivity index (χ0n) is 8.16. The first kappa shape index (κ1) is 9.60. The van der Waals surface area contributed by atoms with Crippen molar-refractivity contribution in [1.29, 1.82) is 0 Å².